The van der Waals surface area contributed by atoms with E-state index in [0.29, 0.717) is 10.7 Å². The quantitative estimate of drug-likeness (QED) is 0.421. The van der Waals surface area contributed by atoms with E-state index in [-0.39, 0.29) is 5.75 Å². The van der Waals surface area contributed by atoms with Gasteiger partial charge in [-0.1, -0.05) is 42.1 Å². The third-order valence-electron chi connectivity index (χ3n) is 2.54. The summed E-state index contributed by atoms with van der Waals surface area (Å²) >= 11 is 1.35. The number of amidine groups is 1. The maximum absolute atomic E-state index is 9.87. The van der Waals surface area contributed by atoms with Gasteiger partial charge in [-0.15, -0.1) is 5.10 Å². The molecule has 0 spiro atoms. The van der Waals surface area contributed by atoms with E-state index in [4.69, 9.17) is 5.73 Å². The van der Waals surface area contributed by atoms with Crippen molar-refractivity contribution < 1.29 is 10.2 Å². The summed E-state index contributed by atoms with van der Waals surface area (Å²) in [7, 11) is 0. The maximum Gasteiger partial charge on any atom is 0.225 e. The van der Waals surface area contributed by atoms with Crippen LogP contribution in [-0.2, 0) is 0 Å². The first-order valence-electron chi connectivity index (χ1n) is 5.39. The van der Waals surface area contributed by atoms with Crippen LogP contribution in [0.3, 0.4) is 0 Å². The van der Waals surface area contributed by atoms with Crippen LogP contribution >= 0.6 is 11.8 Å². The fourth-order valence-electron chi connectivity index (χ4n) is 1.64. The zero-order valence-corrected chi connectivity index (χ0v) is 10.7. The molecule has 0 aliphatic rings. The van der Waals surface area contributed by atoms with E-state index in [1.165, 1.54) is 11.8 Å². The Labute approximate surface area is 109 Å². The Morgan fingerprint density at radius 2 is 2.11 bits per heavy atom. The van der Waals surface area contributed by atoms with Crippen molar-refractivity contribution in [3.8, 4) is 5.75 Å². The van der Waals surface area contributed by atoms with Crippen LogP contribution in [-0.4, -0.2) is 22.7 Å². The molecule has 0 heterocycles. The zero-order valence-electron chi connectivity index (χ0n) is 9.92. The molecule has 4 N–H and O–H groups in total. The van der Waals surface area contributed by atoms with Crippen molar-refractivity contribution in [2.75, 3.05) is 6.26 Å². The number of benzene rings is 2. The number of rotatable bonds is 2. The standard InChI is InChI=1S/C13H13N3OS/c1-18-13(14)16-15-8-11-10-5-3-2-4-9(10)6-7-12(11)17/h2-8,17H,1H3,(H2,14,16)/p+1/b15-8+. The third kappa shape index (κ3) is 2.62. The predicted octanol–water partition coefficient (Wildman–Crippen LogP) is 0.638. The van der Waals surface area contributed by atoms with Gasteiger partial charge in [0.25, 0.3) is 0 Å². The van der Waals surface area contributed by atoms with Gasteiger partial charge < -0.3 is 10.8 Å². The van der Waals surface area contributed by atoms with E-state index in [9.17, 15) is 5.11 Å². The first kappa shape index (κ1) is 12.4. The van der Waals surface area contributed by atoms with Gasteiger partial charge in [0.15, 0.2) is 0 Å². The van der Waals surface area contributed by atoms with Gasteiger partial charge in [-0.3, -0.25) is 0 Å². The summed E-state index contributed by atoms with van der Waals surface area (Å²) in [6, 6.07) is 11.4. The lowest BCUT2D eigenvalue weighted by molar-refractivity contribution is -0.456. The van der Waals surface area contributed by atoms with Crippen LogP contribution in [0.15, 0.2) is 41.5 Å². The molecule has 0 aromatic heterocycles. The number of fused-ring (bicyclic) bond motifs is 1. The van der Waals surface area contributed by atoms with Crippen molar-refractivity contribution >= 4 is 33.9 Å². The van der Waals surface area contributed by atoms with Crippen molar-refractivity contribution in [1.82, 2.24) is 0 Å². The number of nitrogens with one attached hydrogen (secondary N) is 1. The molecule has 0 aliphatic heterocycles. The summed E-state index contributed by atoms with van der Waals surface area (Å²) in [4.78, 5) is 0. The Bertz CT molecular complexity index is 623. The van der Waals surface area contributed by atoms with Crippen LogP contribution in [0.5, 0.6) is 5.75 Å². The molecule has 0 radical (unpaired) electrons. The summed E-state index contributed by atoms with van der Waals surface area (Å²) < 4.78 is 0. The number of nitrogens with zero attached hydrogens (tertiary/aromatic N) is 1. The highest BCUT2D eigenvalue weighted by molar-refractivity contribution is 8.13. The summed E-state index contributed by atoms with van der Waals surface area (Å²) in [6.07, 6.45) is 3.48. The number of thioether (sulfide) groups is 1. The Kier molecular flexibility index (Phi) is 3.84. The summed E-state index contributed by atoms with van der Waals surface area (Å²) in [5.74, 6) is 0.208. The van der Waals surface area contributed by atoms with E-state index in [2.05, 4.69) is 10.2 Å². The number of hydrogen-bond donors (Lipinski definition) is 3. The zero-order chi connectivity index (χ0) is 13.0. The fourth-order valence-corrected chi connectivity index (χ4v) is 1.79. The van der Waals surface area contributed by atoms with Crippen LogP contribution < -0.4 is 10.8 Å². The molecular formula is C13H14N3OS+. The number of nitrogens with two attached hydrogens (primary N) is 1. The predicted molar refractivity (Wildman–Crippen MR) is 76.9 cm³/mol. The molecule has 0 saturated heterocycles. The van der Waals surface area contributed by atoms with Crippen molar-refractivity contribution in [2.45, 2.75) is 0 Å². The molecule has 92 valence electrons. The summed E-state index contributed by atoms with van der Waals surface area (Å²) in [5.41, 5.74) is 6.26. The molecule has 2 aromatic carbocycles. The average molecular weight is 260 g/mol. The second kappa shape index (κ2) is 5.55. The van der Waals surface area contributed by atoms with Gasteiger partial charge in [0.2, 0.25) is 11.4 Å². The molecule has 0 atom stereocenters. The fraction of sp³-hybridized carbons (Fsp3) is 0.0769. The van der Waals surface area contributed by atoms with Gasteiger partial charge in [0.1, 0.15) is 5.75 Å². The van der Waals surface area contributed by atoms with E-state index in [0.717, 1.165) is 10.8 Å². The second-order valence-electron chi connectivity index (χ2n) is 3.65. The first-order chi connectivity index (χ1) is 8.72. The monoisotopic (exact) mass is 260 g/mol. The van der Waals surface area contributed by atoms with E-state index < -0.39 is 0 Å². The molecule has 0 saturated carbocycles. The van der Waals surface area contributed by atoms with Crippen molar-refractivity contribution in [1.29, 1.82) is 0 Å². The number of phenolic OH excluding ortho intramolecular Hbond substituents is 1. The Hall–Kier alpha value is -2.01. The Morgan fingerprint density at radius 3 is 2.89 bits per heavy atom. The molecule has 0 amide bonds. The molecular weight excluding hydrogens is 246 g/mol. The number of phenols is 1. The number of aromatic hydroxyl groups is 1. The smallest absolute Gasteiger partial charge is 0.225 e. The average Bonchev–Trinajstić information content (AvgIpc) is 2.41. The van der Waals surface area contributed by atoms with E-state index in [1.807, 2.05) is 36.6 Å². The van der Waals surface area contributed by atoms with Gasteiger partial charge in [0, 0.05) is 5.10 Å². The highest BCUT2D eigenvalue weighted by atomic mass is 32.2. The van der Waals surface area contributed by atoms with Gasteiger partial charge in [-0.05, 0) is 23.1 Å². The van der Waals surface area contributed by atoms with Crippen molar-refractivity contribution in [3.63, 3.8) is 0 Å². The summed E-state index contributed by atoms with van der Waals surface area (Å²) in [5, 5.41) is 19.0. The van der Waals surface area contributed by atoms with Crippen LogP contribution in [0.25, 0.3) is 10.8 Å². The minimum Gasteiger partial charge on any atom is -0.507 e. The summed E-state index contributed by atoms with van der Waals surface area (Å²) in [6.45, 7) is 0. The van der Waals surface area contributed by atoms with Crippen LogP contribution in [0.4, 0.5) is 0 Å². The van der Waals surface area contributed by atoms with Gasteiger partial charge >= 0.3 is 0 Å². The Balaban J connectivity index is 2.47. The van der Waals surface area contributed by atoms with Crippen LogP contribution in [0.1, 0.15) is 5.56 Å². The topological polar surface area (TPSA) is 72.6 Å². The van der Waals surface area contributed by atoms with Crippen molar-refractivity contribution in [3.05, 3.63) is 42.0 Å². The highest BCUT2D eigenvalue weighted by Gasteiger charge is 2.06. The molecule has 2 aromatic rings. The highest BCUT2D eigenvalue weighted by Crippen LogP contribution is 2.24. The van der Waals surface area contributed by atoms with Crippen molar-refractivity contribution in [2.24, 2.45) is 10.8 Å². The lowest BCUT2D eigenvalue weighted by Crippen LogP contribution is -2.62. The molecule has 5 heteroatoms. The van der Waals surface area contributed by atoms with E-state index >= 15 is 0 Å². The largest absolute Gasteiger partial charge is 0.507 e. The number of hydrazone groups is 1. The van der Waals surface area contributed by atoms with Gasteiger partial charge in [-0.2, -0.15) is 0 Å². The first-order valence-corrected chi connectivity index (χ1v) is 6.61. The maximum atomic E-state index is 9.87. The molecule has 0 unspecified atom stereocenters. The van der Waals surface area contributed by atoms with E-state index in [1.54, 1.807) is 12.3 Å². The molecule has 2 rings (SSSR count). The molecule has 4 nitrogen and oxygen atoms in total. The normalized spacial score (nSPS) is 12.4. The van der Waals surface area contributed by atoms with Crippen LogP contribution in [0.2, 0.25) is 0 Å². The van der Waals surface area contributed by atoms with Gasteiger partial charge in [-0.25, -0.2) is 0 Å². The lowest BCUT2D eigenvalue weighted by atomic mass is 10.0. The molecule has 0 aliphatic carbocycles. The molecule has 18 heavy (non-hydrogen) atoms. The minimum absolute atomic E-state index is 0.208. The number of hydrogen-bond acceptors (Lipinski definition) is 3. The van der Waals surface area contributed by atoms with Gasteiger partial charge in [0.05, 0.1) is 5.56 Å². The van der Waals surface area contributed by atoms with Crippen LogP contribution in [0, 0.1) is 0 Å². The minimum atomic E-state index is 0.208. The second-order valence-corrected chi connectivity index (χ2v) is 4.47. The third-order valence-corrected chi connectivity index (χ3v) is 3.05. The molecule has 0 fully saturated rings. The SMILES string of the molecule is CSC(N)=N/[NH+]=C/c1c(O)ccc2ccccc12. The lowest BCUT2D eigenvalue weighted by Gasteiger charge is -2.01. The molecule has 0 bridgehead atoms. The Morgan fingerprint density at radius 1 is 1.33 bits per heavy atom.